The molecule has 0 amide bonds. The van der Waals surface area contributed by atoms with Crippen LogP contribution in [0.1, 0.15) is 174 Å². The highest BCUT2D eigenvalue weighted by Gasteiger charge is 2.51. The summed E-state index contributed by atoms with van der Waals surface area (Å²) in [6.07, 6.45) is 30.2. The Hall–Kier alpha value is -2.49. The van der Waals surface area contributed by atoms with Crippen molar-refractivity contribution in [1.29, 1.82) is 0 Å². The second-order valence-electron chi connectivity index (χ2n) is 16.8. The molecule has 1 rings (SSSR count). The van der Waals surface area contributed by atoms with Gasteiger partial charge in [-0.25, -0.2) is 4.57 Å². The minimum Gasteiger partial charge on any atom is -0.462 e. The Balaban J connectivity index is 2.50. The first-order valence-electron chi connectivity index (χ1n) is 24.2. The van der Waals surface area contributed by atoms with Crippen molar-refractivity contribution in [3.05, 3.63) is 60.8 Å². The van der Waals surface area contributed by atoms with Crippen molar-refractivity contribution in [1.82, 2.24) is 0 Å². The fourth-order valence-electron chi connectivity index (χ4n) is 7.05. The van der Waals surface area contributed by atoms with Gasteiger partial charge in [0.1, 0.15) is 43.2 Å². The maximum absolute atomic E-state index is 12.8. The highest BCUT2D eigenvalue weighted by Crippen LogP contribution is 2.47. The standard InChI is InChI=1S/C49H85O14P/c1-3-5-7-9-11-12-13-14-15-16-17-18-19-20-24-28-32-36-42(51)60-38-41(39-61-64(58,59)63-49-47(56)45(54)44(53)46(55)48(49)57)62-43(52)37-33-29-25-22-21-23-27-31-35-40(50)34-30-26-10-8-6-4-2/h6,8,22-23,25-27,30-31,35,40-41,44-50,53-57H,3-5,7,9-21,24,28-29,32-34,36-39H2,1-2H3,(H,58,59)/b8-6-,25-22-,27-23-,30-26-,35-31+/t40?,41-,44?,45-,46+,47-,48-,49?/m1/s1. The van der Waals surface area contributed by atoms with Crippen molar-refractivity contribution in [2.45, 2.75) is 223 Å². The average Bonchev–Trinajstić information content (AvgIpc) is 3.27. The lowest BCUT2D eigenvalue weighted by Crippen LogP contribution is -2.64. The first-order chi connectivity index (χ1) is 30.8. The molecule has 0 aliphatic heterocycles. The van der Waals surface area contributed by atoms with Gasteiger partial charge in [0.25, 0.3) is 0 Å². The van der Waals surface area contributed by atoms with Crippen LogP contribution in [0.25, 0.3) is 0 Å². The smallest absolute Gasteiger partial charge is 0.462 e. The molecule has 0 spiro atoms. The predicted octanol–water partition coefficient (Wildman–Crippen LogP) is 8.70. The molecule has 15 heteroatoms. The van der Waals surface area contributed by atoms with E-state index in [0.29, 0.717) is 32.1 Å². The molecule has 14 nitrogen and oxygen atoms in total. The molecule has 0 aromatic carbocycles. The SMILES string of the molecule is CC/C=C\C/C=C\CC(O)/C=C/C=C\C/C=C\CCCC(=O)O[C@H](COC(=O)CCCCCCCCCCCCCCCCCCC)COP(=O)(O)OC1[C@H](O)[C@H](O)C(O)[C@H](O)[C@H]1O. The van der Waals surface area contributed by atoms with Gasteiger partial charge in [0.2, 0.25) is 0 Å². The molecule has 0 heterocycles. The summed E-state index contributed by atoms with van der Waals surface area (Å²) >= 11 is 0. The lowest BCUT2D eigenvalue weighted by molar-refractivity contribution is -0.220. The third kappa shape index (κ3) is 30.7. The summed E-state index contributed by atoms with van der Waals surface area (Å²) in [6.45, 7) is 3.08. The molecule has 1 saturated carbocycles. The van der Waals surface area contributed by atoms with Crippen LogP contribution in [0.4, 0.5) is 0 Å². The van der Waals surface area contributed by atoms with Crippen molar-refractivity contribution in [3.63, 3.8) is 0 Å². The number of aliphatic hydroxyl groups excluding tert-OH is 6. The number of hydrogen-bond donors (Lipinski definition) is 7. The molecule has 1 fully saturated rings. The quantitative estimate of drug-likeness (QED) is 0.0101. The van der Waals surface area contributed by atoms with Crippen LogP contribution in [-0.2, 0) is 32.7 Å². The largest absolute Gasteiger partial charge is 0.472 e. The molecule has 0 aromatic heterocycles. The number of esters is 2. The molecule has 1 aliphatic carbocycles. The topological polar surface area (TPSA) is 230 Å². The van der Waals surface area contributed by atoms with E-state index in [2.05, 4.69) is 26.0 Å². The number of aliphatic hydroxyl groups is 6. The van der Waals surface area contributed by atoms with E-state index >= 15 is 0 Å². The molecular weight excluding hydrogens is 843 g/mol. The second-order valence-corrected chi connectivity index (χ2v) is 18.2. The van der Waals surface area contributed by atoms with Crippen LogP contribution >= 0.6 is 7.82 Å². The third-order valence-electron chi connectivity index (χ3n) is 11.0. The zero-order chi connectivity index (χ0) is 47.3. The lowest BCUT2D eigenvalue weighted by atomic mass is 9.85. The number of rotatable bonds is 39. The molecule has 0 bridgehead atoms. The van der Waals surface area contributed by atoms with Crippen LogP contribution in [0, 0.1) is 0 Å². The molecule has 4 unspecified atom stereocenters. The second kappa shape index (κ2) is 38.6. The van der Waals surface area contributed by atoms with Crippen LogP contribution < -0.4 is 0 Å². The first kappa shape index (κ1) is 59.5. The first-order valence-corrected chi connectivity index (χ1v) is 25.7. The summed E-state index contributed by atoms with van der Waals surface area (Å²) in [5.74, 6) is -1.21. The van der Waals surface area contributed by atoms with Crippen LogP contribution in [0.3, 0.4) is 0 Å². The van der Waals surface area contributed by atoms with Gasteiger partial charge in [-0.2, -0.15) is 0 Å². The number of ether oxygens (including phenoxy) is 2. The zero-order valence-electron chi connectivity index (χ0n) is 38.9. The van der Waals surface area contributed by atoms with E-state index in [1.165, 1.54) is 83.5 Å². The van der Waals surface area contributed by atoms with Gasteiger partial charge < -0.3 is 45.0 Å². The van der Waals surface area contributed by atoms with E-state index in [-0.39, 0.29) is 12.8 Å². The number of phosphoric ester groups is 1. The van der Waals surface area contributed by atoms with Crippen molar-refractivity contribution in [2.24, 2.45) is 0 Å². The molecule has 64 heavy (non-hydrogen) atoms. The van der Waals surface area contributed by atoms with E-state index < -0.39 is 81.8 Å². The summed E-state index contributed by atoms with van der Waals surface area (Å²) in [5.41, 5.74) is 0. The number of carbonyl (C=O) groups excluding carboxylic acids is 2. The monoisotopic (exact) mass is 929 g/mol. The van der Waals surface area contributed by atoms with Gasteiger partial charge in [-0.1, -0.05) is 177 Å². The maximum atomic E-state index is 12.8. The molecule has 0 radical (unpaired) electrons. The van der Waals surface area contributed by atoms with Crippen molar-refractivity contribution >= 4 is 19.8 Å². The summed E-state index contributed by atoms with van der Waals surface area (Å²) in [7, 11) is -5.15. The summed E-state index contributed by atoms with van der Waals surface area (Å²) in [6, 6.07) is 0. The van der Waals surface area contributed by atoms with Gasteiger partial charge in [0.05, 0.1) is 12.7 Å². The highest BCUT2D eigenvalue weighted by atomic mass is 31.2. The van der Waals surface area contributed by atoms with Gasteiger partial charge in [-0.3, -0.25) is 18.6 Å². The Labute approximate surface area is 384 Å². The fourth-order valence-corrected chi connectivity index (χ4v) is 8.03. The highest BCUT2D eigenvalue weighted by molar-refractivity contribution is 7.47. The summed E-state index contributed by atoms with van der Waals surface area (Å²) in [5, 5.41) is 60.2. The van der Waals surface area contributed by atoms with Gasteiger partial charge in [0, 0.05) is 12.8 Å². The molecule has 0 saturated heterocycles. The van der Waals surface area contributed by atoms with Crippen LogP contribution in [0.2, 0.25) is 0 Å². The average molecular weight is 929 g/mol. The van der Waals surface area contributed by atoms with Crippen molar-refractivity contribution in [3.8, 4) is 0 Å². The Morgan fingerprint density at radius 3 is 1.66 bits per heavy atom. The van der Waals surface area contributed by atoms with E-state index in [1.54, 1.807) is 12.2 Å². The fraction of sp³-hybridized carbons (Fsp3) is 0.755. The Morgan fingerprint density at radius 2 is 1.08 bits per heavy atom. The number of allylic oxidation sites excluding steroid dienone is 8. The van der Waals surface area contributed by atoms with E-state index in [0.717, 1.165) is 32.1 Å². The van der Waals surface area contributed by atoms with Crippen LogP contribution in [-0.4, -0.2) is 110 Å². The Kier molecular flexibility index (Phi) is 35.9. The molecular formula is C49H85O14P. The lowest BCUT2D eigenvalue weighted by Gasteiger charge is -2.41. The maximum Gasteiger partial charge on any atom is 0.472 e. The van der Waals surface area contributed by atoms with Crippen molar-refractivity contribution < 1.29 is 68.2 Å². The van der Waals surface area contributed by atoms with Gasteiger partial charge >= 0.3 is 19.8 Å². The van der Waals surface area contributed by atoms with Gasteiger partial charge in [-0.15, -0.1) is 0 Å². The van der Waals surface area contributed by atoms with E-state index in [1.807, 2.05) is 36.5 Å². The summed E-state index contributed by atoms with van der Waals surface area (Å²) < 4.78 is 33.5. The molecule has 7 N–H and O–H groups in total. The number of carbonyl (C=O) groups is 2. The molecule has 1 aliphatic rings. The molecule has 370 valence electrons. The predicted molar refractivity (Wildman–Crippen MR) is 250 cm³/mol. The van der Waals surface area contributed by atoms with E-state index in [9.17, 15) is 49.7 Å². The third-order valence-corrected chi connectivity index (χ3v) is 11.9. The number of hydrogen-bond acceptors (Lipinski definition) is 13. The summed E-state index contributed by atoms with van der Waals surface area (Å²) in [4.78, 5) is 35.7. The normalized spacial score (nSPS) is 22.6. The zero-order valence-corrected chi connectivity index (χ0v) is 39.8. The van der Waals surface area contributed by atoms with Gasteiger partial charge in [0.15, 0.2) is 6.10 Å². The Bertz CT molecular complexity index is 1370. The van der Waals surface area contributed by atoms with E-state index in [4.69, 9.17) is 18.5 Å². The molecule has 9 atom stereocenters. The minimum atomic E-state index is -5.15. The minimum absolute atomic E-state index is 0.0142. The number of unbranched alkanes of at least 4 members (excludes halogenated alkanes) is 17. The molecule has 0 aromatic rings. The van der Waals surface area contributed by atoms with Gasteiger partial charge in [-0.05, 0) is 44.9 Å². The van der Waals surface area contributed by atoms with Crippen LogP contribution in [0.5, 0.6) is 0 Å². The number of phosphoric acid groups is 1. The van der Waals surface area contributed by atoms with Crippen molar-refractivity contribution in [2.75, 3.05) is 13.2 Å². The Morgan fingerprint density at radius 1 is 0.578 bits per heavy atom. The van der Waals surface area contributed by atoms with Crippen LogP contribution in [0.15, 0.2) is 60.8 Å².